The summed E-state index contributed by atoms with van der Waals surface area (Å²) in [5.74, 6) is 2.18. The van der Waals surface area contributed by atoms with E-state index in [4.69, 9.17) is 23.7 Å². The van der Waals surface area contributed by atoms with Crippen LogP contribution in [0.2, 0.25) is 0 Å². The van der Waals surface area contributed by atoms with Crippen molar-refractivity contribution in [3.8, 4) is 11.5 Å². The molecule has 2 rings (SSSR count). The molecule has 0 spiro atoms. The number of thioether (sulfide) groups is 1. The molecule has 0 bridgehead atoms. The van der Waals surface area contributed by atoms with Gasteiger partial charge in [0.05, 0.1) is 19.8 Å². The Morgan fingerprint density at radius 1 is 1.00 bits per heavy atom. The van der Waals surface area contributed by atoms with Gasteiger partial charge >= 0.3 is 0 Å². The van der Waals surface area contributed by atoms with Crippen molar-refractivity contribution >= 4 is 11.8 Å². The van der Waals surface area contributed by atoms with Crippen LogP contribution in [-0.2, 0) is 14.2 Å². The second kappa shape index (κ2) is 10.0. The second-order valence-corrected chi connectivity index (χ2v) is 6.78. The Balaban J connectivity index is 2.01. The van der Waals surface area contributed by atoms with E-state index in [2.05, 4.69) is 6.92 Å². The van der Waals surface area contributed by atoms with E-state index in [1.54, 1.807) is 26.0 Å². The highest BCUT2D eigenvalue weighted by atomic mass is 32.2. The summed E-state index contributed by atoms with van der Waals surface area (Å²) in [5.41, 5.74) is 0.200. The maximum absolute atomic E-state index is 5.79. The van der Waals surface area contributed by atoms with Gasteiger partial charge in [0, 0.05) is 25.2 Å². The van der Waals surface area contributed by atoms with Crippen molar-refractivity contribution in [2.75, 3.05) is 47.3 Å². The third-order valence-corrected chi connectivity index (χ3v) is 4.49. The van der Waals surface area contributed by atoms with Gasteiger partial charge in [-0.3, -0.25) is 0 Å². The molecule has 0 N–H and O–H groups in total. The van der Waals surface area contributed by atoms with Crippen molar-refractivity contribution in [2.24, 2.45) is 5.92 Å². The molecule has 23 heavy (non-hydrogen) atoms. The van der Waals surface area contributed by atoms with Gasteiger partial charge in [-0.2, -0.15) is 0 Å². The van der Waals surface area contributed by atoms with Crippen molar-refractivity contribution in [1.82, 2.24) is 0 Å². The SMILES string of the molecule is COCCOc1cc(OCCOC)cc(SC2C[C@@H](C)CO2)c1. The van der Waals surface area contributed by atoms with Crippen LogP contribution in [0.5, 0.6) is 11.5 Å². The standard InChI is InChI=1S/C17H26O5S/c1-13-8-17(22-12-13)23-16-10-14(20-6-4-18-2)9-15(11-16)21-7-5-19-3/h9-11,13,17H,4-8,12H2,1-3H3/t13-,17?/m1/s1. The highest BCUT2D eigenvalue weighted by Crippen LogP contribution is 2.36. The molecule has 2 atom stereocenters. The lowest BCUT2D eigenvalue weighted by molar-refractivity contribution is 0.142. The zero-order valence-electron chi connectivity index (χ0n) is 14.1. The van der Waals surface area contributed by atoms with Crippen molar-refractivity contribution in [1.29, 1.82) is 0 Å². The van der Waals surface area contributed by atoms with Crippen LogP contribution in [0.4, 0.5) is 0 Å². The van der Waals surface area contributed by atoms with Gasteiger partial charge < -0.3 is 23.7 Å². The number of methoxy groups -OCH3 is 2. The van der Waals surface area contributed by atoms with E-state index in [0.717, 1.165) is 29.4 Å². The predicted molar refractivity (Wildman–Crippen MR) is 90.6 cm³/mol. The molecule has 0 radical (unpaired) electrons. The third kappa shape index (κ3) is 6.59. The van der Waals surface area contributed by atoms with E-state index in [1.807, 2.05) is 18.2 Å². The fourth-order valence-corrected chi connectivity index (χ4v) is 3.48. The molecule has 1 aliphatic rings. The average Bonchev–Trinajstić information content (AvgIpc) is 2.93. The zero-order valence-corrected chi connectivity index (χ0v) is 14.9. The van der Waals surface area contributed by atoms with E-state index in [-0.39, 0.29) is 5.44 Å². The molecule has 1 saturated heterocycles. The monoisotopic (exact) mass is 342 g/mol. The molecular weight excluding hydrogens is 316 g/mol. The van der Waals surface area contributed by atoms with Gasteiger partial charge in [0.1, 0.15) is 30.1 Å². The topological polar surface area (TPSA) is 46.2 Å². The molecule has 1 heterocycles. The van der Waals surface area contributed by atoms with Crippen LogP contribution in [0.1, 0.15) is 13.3 Å². The summed E-state index contributed by atoms with van der Waals surface area (Å²) in [6.45, 7) is 5.18. The van der Waals surface area contributed by atoms with Crippen LogP contribution < -0.4 is 9.47 Å². The zero-order chi connectivity index (χ0) is 16.5. The van der Waals surface area contributed by atoms with E-state index in [0.29, 0.717) is 32.3 Å². The molecule has 1 aliphatic heterocycles. The largest absolute Gasteiger partial charge is 0.491 e. The van der Waals surface area contributed by atoms with Gasteiger partial charge in [-0.05, 0) is 24.5 Å². The fourth-order valence-electron chi connectivity index (χ4n) is 2.24. The first-order valence-corrected chi connectivity index (χ1v) is 8.76. The Hall–Kier alpha value is -0.950. The quantitative estimate of drug-likeness (QED) is 0.609. The molecule has 6 heteroatoms. The third-order valence-electron chi connectivity index (χ3n) is 3.39. The molecule has 1 unspecified atom stereocenters. The van der Waals surface area contributed by atoms with Crippen LogP contribution in [-0.4, -0.2) is 52.7 Å². The molecule has 5 nitrogen and oxygen atoms in total. The lowest BCUT2D eigenvalue weighted by Gasteiger charge is -2.14. The Kier molecular flexibility index (Phi) is 8.02. The first-order valence-electron chi connectivity index (χ1n) is 7.88. The van der Waals surface area contributed by atoms with E-state index in [1.165, 1.54) is 0 Å². The van der Waals surface area contributed by atoms with Gasteiger partial charge in [0.25, 0.3) is 0 Å². The summed E-state index contributed by atoms with van der Waals surface area (Å²) in [6.07, 6.45) is 1.07. The first-order chi connectivity index (χ1) is 11.2. The minimum atomic E-state index is 0.200. The maximum atomic E-state index is 5.79. The second-order valence-electron chi connectivity index (χ2n) is 5.54. The molecule has 1 aromatic carbocycles. The van der Waals surface area contributed by atoms with Crippen LogP contribution in [0.3, 0.4) is 0 Å². The Morgan fingerprint density at radius 2 is 1.61 bits per heavy atom. The predicted octanol–water partition coefficient (Wildman–Crippen LogP) is 3.21. The lowest BCUT2D eigenvalue weighted by Crippen LogP contribution is -2.07. The Labute approximate surface area is 142 Å². The molecule has 1 aromatic rings. The first kappa shape index (κ1) is 18.4. The molecule has 0 saturated carbocycles. The number of hydrogen-bond donors (Lipinski definition) is 0. The van der Waals surface area contributed by atoms with Gasteiger partial charge in [0.15, 0.2) is 0 Å². The maximum Gasteiger partial charge on any atom is 0.124 e. The van der Waals surface area contributed by atoms with E-state index >= 15 is 0 Å². The van der Waals surface area contributed by atoms with Crippen LogP contribution in [0, 0.1) is 5.92 Å². The van der Waals surface area contributed by atoms with E-state index < -0.39 is 0 Å². The fraction of sp³-hybridized carbons (Fsp3) is 0.647. The summed E-state index contributed by atoms with van der Waals surface area (Å²) < 4.78 is 27.3. The van der Waals surface area contributed by atoms with Crippen LogP contribution in [0.25, 0.3) is 0 Å². The normalized spacial score (nSPS) is 20.7. The summed E-state index contributed by atoms with van der Waals surface area (Å²) in [7, 11) is 3.32. The Morgan fingerprint density at radius 3 is 2.09 bits per heavy atom. The van der Waals surface area contributed by atoms with Gasteiger partial charge in [-0.1, -0.05) is 18.7 Å². The highest BCUT2D eigenvalue weighted by molar-refractivity contribution is 7.99. The van der Waals surface area contributed by atoms with Crippen molar-refractivity contribution in [3.63, 3.8) is 0 Å². The minimum Gasteiger partial charge on any atom is -0.491 e. The molecule has 130 valence electrons. The molecule has 0 aromatic heterocycles. The summed E-state index contributed by atoms with van der Waals surface area (Å²) in [4.78, 5) is 1.09. The van der Waals surface area contributed by atoms with Crippen molar-refractivity contribution in [2.45, 2.75) is 23.7 Å². The summed E-state index contributed by atoms with van der Waals surface area (Å²) in [5, 5.41) is 0. The number of benzene rings is 1. The van der Waals surface area contributed by atoms with Crippen molar-refractivity contribution < 1.29 is 23.7 Å². The number of rotatable bonds is 10. The summed E-state index contributed by atoms with van der Waals surface area (Å²) in [6, 6.07) is 5.94. The molecule has 0 amide bonds. The van der Waals surface area contributed by atoms with Gasteiger partial charge in [-0.15, -0.1) is 0 Å². The molecular formula is C17H26O5S. The highest BCUT2D eigenvalue weighted by Gasteiger charge is 2.23. The smallest absolute Gasteiger partial charge is 0.124 e. The number of hydrogen-bond acceptors (Lipinski definition) is 6. The Bertz CT molecular complexity index is 440. The van der Waals surface area contributed by atoms with Gasteiger partial charge in [-0.25, -0.2) is 0 Å². The summed E-state index contributed by atoms with van der Waals surface area (Å²) >= 11 is 1.72. The lowest BCUT2D eigenvalue weighted by atomic mass is 10.2. The van der Waals surface area contributed by atoms with E-state index in [9.17, 15) is 0 Å². The molecule has 1 fully saturated rings. The van der Waals surface area contributed by atoms with Crippen LogP contribution in [0.15, 0.2) is 23.1 Å². The average molecular weight is 342 g/mol. The van der Waals surface area contributed by atoms with Crippen LogP contribution >= 0.6 is 11.8 Å². The molecule has 0 aliphatic carbocycles. The minimum absolute atomic E-state index is 0.200. The van der Waals surface area contributed by atoms with Gasteiger partial charge in [0.2, 0.25) is 0 Å². The number of ether oxygens (including phenoxy) is 5. The van der Waals surface area contributed by atoms with Crippen molar-refractivity contribution in [3.05, 3.63) is 18.2 Å².